The molecule has 0 aliphatic carbocycles. The molecule has 1 fully saturated rings. The Morgan fingerprint density at radius 1 is 0.550 bits per heavy atom. The van der Waals surface area contributed by atoms with Crippen LogP contribution in [0.25, 0.3) is 0 Å². The summed E-state index contributed by atoms with van der Waals surface area (Å²) in [6, 6.07) is -17.8. The summed E-state index contributed by atoms with van der Waals surface area (Å²) < 4.78 is 0. The number of hydrogen-bond donors (Lipinski definition) is 18. The lowest BCUT2D eigenvalue weighted by atomic mass is 10.0. The summed E-state index contributed by atoms with van der Waals surface area (Å²) in [5, 5.41) is 64.9. The van der Waals surface area contributed by atoms with E-state index in [1.165, 1.54) is 6.92 Å². The lowest BCUT2D eigenvalue weighted by molar-refractivity contribution is -0.158. The van der Waals surface area contributed by atoms with Gasteiger partial charge in [-0.3, -0.25) is 57.6 Å². The molecule has 14 atom stereocenters. The molecule has 0 aromatic heterocycles. The summed E-state index contributed by atoms with van der Waals surface area (Å²) in [7, 11) is 0. The molecule has 0 saturated carbocycles. The number of nitrogens with one attached hydrogen (secondary N) is 9. The van der Waals surface area contributed by atoms with Crippen molar-refractivity contribution in [3.8, 4) is 0 Å². The molecule has 30 heteroatoms. The standard InChI is InChI=1S/C50H93N15O15/c1-8-26(4)11-9-10-12-37(70)56-30(13-18-51)43(73)62-39(28(6)68)48(78)61-35(24-66)49(79)65-36(17-22-55)46(76)58-31(14-19-52)42(72)60-34(23-25(2)3)45(75)63-38(27(5)67)47(77)59-32(15-20-53)41(71)57-33(16-21-54)44(74)64-40(29(7)69)50(65)80/h25-36,38-40,66-69H,8-24,51-55H2,1-7H3,(H,56,70)(H,57,71)(H,58,76)(H,59,77)(H,60,72)(H,61,78)(H,62,73)(H,63,75)(H,64,74). The lowest BCUT2D eigenvalue weighted by Gasteiger charge is -2.36. The second kappa shape index (κ2) is 37.1. The van der Waals surface area contributed by atoms with Crippen LogP contribution in [0.3, 0.4) is 0 Å². The van der Waals surface area contributed by atoms with E-state index in [0.29, 0.717) is 12.3 Å². The second-order valence-electron chi connectivity index (χ2n) is 20.6. The van der Waals surface area contributed by atoms with Crippen molar-refractivity contribution in [2.24, 2.45) is 40.5 Å². The van der Waals surface area contributed by atoms with Gasteiger partial charge >= 0.3 is 0 Å². The number of rotatable bonds is 28. The number of carbonyl (C=O) groups is 11. The average Bonchev–Trinajstić information content (AvgIpc) is 3.39. The van der Waals surface area contributed by atoms with Crippen molar-refractivity contribution in [1.82, 2.24) is 52.8 Å². The van der Waals surface area contributed by atoms with Crippen molar-refractivity contribution in [2.75, 3.05) is 39.3 Å². The van der Waals surface area contributed by atoms with Gasteiger partial charge in [-0.25, -0.2) is 0 Å². The zero-order chi connectivity index (χ0) is 61.0. The molecular weight excluding hydrogens is 1050 g/mol. The monoisotopic (exact) mass is 1140 g/mol. The first-order valence-electron chi connectivity index (χ1n) is 27.4. The number of nitrogens with zero attached hydrogens (tertiary/aromatic N) is 1. The number of hydrogen-bond acceptors (Lipinski definition) is 20. The number of aliphatic hydroxyl groups is 4. The molecule has 0 aromatic carbocycles. The van der Waals surface area contributed by atoms with E-state index in [-0.39, 0.29) is 75.5 Å². The van der Waals surface area contributed by atoms with E-state index in [9.17, 15) is 68.4 Å². The molecule has 1 saturated heterocycles. The van der Waals surface area contributed by atoms with Crippen molar-refractivity contribution >= 4 is 65.0 Å². The number of nitrogens with two attached hydrogens (primary N) is 5. The van der Waals surface area contributed by atoms with E-state index in [2.05, 4.69) is 61.7 Å². The molecule has 80 heavy (non-hydrogen) atoms. The van der Waals surface area contributed by atoms with Crippen LogP contribution in [-0.4, -0.2) is 208 Å². The third kappa shape index (κ3) is 23.6. The summed E-state index contributed by atoms with van der Waals surface area (Å²) in [6.45, 7) is 8.08. The molecule has 11 amide bonds. The number of amides is 11. The lowest BCUT2D eigenvalue weighted by Crippen LogP contribution is -2.67. The molecule has 0 spiro atoms. The number of aliphatic hydroxyl groups excluding tert-OH is 4. The fourth-order valence-corrected chi connectivity index (χ4v) is 8.44. The van der Waals surface area contributed by atoms with Gasteiger partial charge in [0.25, 0.3) is 11.8 Å². The fraction of sp³-hybridized carbons (Fsp3) is 0.780. The maximum absolute atomic E-state index is 15.0. The van der Waals surface area contributed by atoms with E-state index in [0.717, 1.165) is 33.1 Å². The highest BCUT2D eigenvalue weighted by molar-refractivity contribution is 6.07. The van der Waals surface area contributed by atoms with E-state index < -0.39 is 163 Å². The highest BCUT2D eigenvalue weighted by Gasteiger charge is 2.45. The minimum atomic E-state index is -2.24. The molecule has 458 valence electrons. The van der Waals surface area contributed by atoms with Crippen LogP contribution >= 0.6 is 0 Å². The van der Waals surface area contributed by atoms with E-state index in [1.807, 2.05) is 0 Å². The number of unbranched alkanes of at least 4 members (excludes halogenated alkanes) is 1. The highest BCUT2D eigenvalue weighted by atomic mass is 16.3. The van der Waals surface area contributed by atoms with Gasteiger partial charge in [0.15, 0.2) is 0 Å². The fourth-order valence-electron chi connectivity index (χ4n) is 8.44. The molecule has 1 heterocycles. The largest absolute Gasteiger partial charge is 0.394 e. The predicted octanol–water partition coefficient (Wildman–Crippen LogP) is -7.38. The van der Waals surface area contributed by atoms with Gasteiger partial charge in [0.2, 0.25) is 53.2 Å². The molecule has 0 aromatic rings. The predicted molar refractivity (Wildman–Crippen MR) is 291 cm³/mol. The first-order chi connectivity index (χ1) is 37.7. The van der Waals surface area contributed by atoms with Crippen molar-refractivity contribution in [3.05, 3.63) is 0 Å². The van der Waals surface area contributed by atoms with Crippen molar-refractivity contribution < 1.29 is 73.2 Å². The van der Waals surface area contributed by atoms with Gasteiger partial charge in [-0.2, -0.15) is 0 Å². The van der Waals surface area contributed by atoms with Gasteiger partial charge in [-0.15, -0.1) is 0 Å². The zero-order valence-corrected chi connectivity index (χ0v) is 47.3. The van der Waals surface area contributed by atoms with Gasteiger partial charge in [0.1, 0.15) is 60.4 Å². The zero-order valence-electron chi connectivity index (χ0n) is 47.3. The Balaban J connectivity index is 4.11. The van der Waals surface area contributed by atoms with Crippen LogP contribution in [0.5, 0.6) is 0 Å². The summed E-state index contributed by atoms with van der Waals surface area (Å²) in [6.07, 6.45) is -3.85. The molecule has 1 aliphatic heterocycles. The van der Waals surface area contributed by atoms with Gasteiger partial charge < -0.3 is 96.9 Å². The molecule has 1 rings (SSSR count). The van der Waals surface area contributed by atoms with E-state index >= 15 is 4.79 Å². The minimum absolute atomic E-state index is 0.0784. The van der Waals surface area contributed by atoms with Crippen molar-refractivity contribution in [1.29, 1.82) is 0 Å². The van der Waals surface area contributed by atoms with Crippen molar-refractivity contribution in [3.63, 3.8) is 0 Å². The number of imide groups is 1. The maximum atomic E-state index is 15.0. The Kier molecular flexibility index (Phi) is 33.4. The minimum Gasteiger partial charge on any atom is -0.394 e. The SMILES string of the molecule is CCC(C)CCCCC(=O)NC(CCN)C(=O)NC(C(=O)NC(CO)C(=O)N1C(=O)C(C(C)O)NC(=O)C(CCN)NC(=O)C(CCN)NC(=O)C(C(C)O)NC(=O)C(CC(C)C)NC(=O)C(CCN)NC(=O)C1CCN)C(C)O. The molecule has 0 radical (unpaired) electrons. The third-order valence-electron chi connectivity index (χ3n) is 13.3. The Hall–Kier alpha value is -5.99. The van der Waals surface area contributed by atoms with Crippen LogP contribution < -0.4 is 76.5 Å². The van der Waals surface area contributed by atoms with Crippen LogP contribution in [-0.2, 0) is 52.7 Å². The van der Waals surface area contributed by atoms with E-state index in [1.54, 1.807) is 13.8 Å². The summed E-state index contributed by atoms with van der Waals surface area (Å²) in [4.78, 5) is 155. The topological polar surface area (TPSA) is 510 Å². The Labute approximate surface area is 467 Å². The molecule has 1 aliphatic rings. The third-order valence-corrected chi connectivity index (χ3v) is 13.3. The molecule has 23 N–H and O–H groups in total. The van der Waals surface area contributed by atoms with Gasteiger partial charge in [0.05, 0.1) is 24.9 Å². The van der Waals surface area contributed by atoms with Gasteiger partial charge in [0, 0.05) is 6.42 Å². The molecule has 0 bridgehead atoms. The van der Waals surface area contributed by atoms with Crippen LogP contribution in [0, 0.1) is 11.8 Å². The van der Waals surface area contributed by atoms with Crippen molar-refractivity contribution in [2.45, 2.75) is 198 Å². The smallest absolute Gasteiger partial charge is 0.255 e. The molecule has 14 unspecified atom stereocenters. The average molecular weight is 1140 g/mol. The highest BCUT2D eigenvalue weighted by Crippen LogP contribution is 2.16. The van der Waals surface area contributed by atoms with Crippen LogP contribution in [0.15, 0.2) is 0 Å². The maximum Gasteiger partial charge on any atom is 0.255 e. The van der Waals surface area contributed by atoms with E-state index in [4.69, 9.17) is 28.7 Å². The Bertz CT molecular complexity index is 2050. The summed E-state index contributed by atoms with van der Waals surface area (Å²) in [5.74, 6) is -12.5. The summed E-state index contributed by atoms with van der Waals surface area (Å²) in [5.41, 5.74) is 29.2. The molecular formula is C50H93N15O15. The second-order valence-corrected chi connectivity index (χ2v) is 20.6. The van der Waals surface area contributed by atoms with Crippen LogP contribution in [0.2, 0.25) is 0 Å². The van der Waals surface area contributed by atoms with Crippen LogP contribution in [0.1, 0.15) is 119 Å². The molecule has 30 nitrogen and oxygen atoms in total. The first-order valence-corrected chi connectivity index (χ1v) is 27.4. The van der Waals surface area contributed by atoms with Crippen LogP contribution in [0.4, 0.5) is 0 Å². The quantitative estimate of drug-likeness (QED) is 0.0324. The first kappa shape index (κ1) is 72.0. The Morgan fingerprint density at radius 2 is 1.02 bits per heavy atom. The van der Waals surface area contributed by atoms with Gasteiger partial charge in [-0.1, -0.05) is 47.0 Å². The number of carbonyl (C=O) groups excluding carboxylic acids is 11. The normalized spacial score (nSPS) is 23.9. The Morgan fingerprint density at radius 3 is 1.49 bits per heavy atom. The summed E-state index contributed by atoms with van der Waals surface area (Å²) >= 11 is 0. The van der Waals surface area contributed by atoms with Gasteiger partial charge in [-0.05, 0) is 110 Å².